The van der Waals surface area contributed by atoms with Gasteiger partial charge in [-0.15, -0.1) is 0 Å². The minimum atomic E-state index is -2.99. The summed E-state index contributed by atoms with van der Waals surface area (Å²) in [5.41, 5.74) is 13.9. The molecule has 1 amide bonds. The standard InChI is InChI=1S/C17H30N4O7/c1-10(22)13(8-9-18)15(24,17(20,26)28-3)14(23)21-16(25,27-2)11-4-6-12(19)7-5-11/h4-6,12-13,24-26H,7-9,18-20H2,1-3H3,(H,21,23). The normalized spacial score (nSPS) is 24.3. The fourth-order valence-electron chi connectivity index (χ4n) is 2.98. The van der Waals surface area contributed by atoms with E-state index in [0.29, 0.717) is 6.42 Å². The number of ketones is 1. The molecule has 0 radical (unpaired) electrons. The highest BCUT2D eigenvalue weighted by molar-refractivity contribution is 5.94. The van der Waals surface area contributed by atoms with Gasteiger partial charge in [0.2, 0.25) is 5.60 Å². The van der Waals surface area contributed by atoms with Crippen molar-refractivity contribution in [2.45, 2.75) is 43.2 Å². The van der Waals surface area contributed by atoms with Crippen LogP contribution in [0.1, 0.15) is 19.8 Å². The fraction of sp³-hybridized carbons (Fsp3) is 0.647. The van der Waals surface area contributed by atoms with Crippen LogP contribution in [0, 0.1) is 5.92 Å². The fourth-order valence-corrected chi connectivity index (χ4v) is 2.98. The van der Waals surface area contributed by atoms with Crippen LogP contribution in [0.5, 0.6) is 0 Å². The highest BCUT2D eigenvalue weighted by Crippen LogP contribution is 2.32. The molecule has 0 heterocycles. The largest absolute Gasteiger partial charge is 0.374 e. The molecular formula is C17H30N4O7. The molecule has 160 valence electrons. The van der Waals surface area contributed by atoms with Crippen LogP contribution < -0.4 is 22.5 Å². The molecule has 0 fully saturated rings. The number of ether oxygens (including phenoxy) is 2. The molecule has 0 aliphatic heterocycles. The van der Waals surface area contributed by atoms with Gasteiger partial charge in [-0.25, -0.2) is 0 Å². The number of aliphatic hydroxyl groups is 3. The molecule has 0 saturated carbocycles. The number of carbonyl (C=O) groups is 2. The Labute approximate surface area is 163 Å². The quantitative estimate of drug-likeness (QED) is 0.186. The molecule has 11 heteroatoms. The van der Waals surface area contributed by atoms with Gasteiger partial charge in [-0.05, 0) is 26.3 Å². The topological polar surface area (TPSA) is 203 Å². The Hall–Kier alpha value is -1.70. The first-order valence-corrected chi connectivity index (χ1v) is 8.63. The number of rotatable bonds is 10. The van der Waals surface area contributed by atoms with Gasteiger partial charge in [0.15, 0.2) is 0 Å². The van der Waals surface area contributed by atoms with Crippen molar-refractivity contribution in [3.63, 3.8) is 0 Å². The number of hydrogen-bond donors (Lipinski definition) is 7. The summed E-state index contributed by atoms with van der Waals surface area (Å²) in [6.07, 6.45) is 4.72. The average molecular weight is 402 g/mol. The third-order valence-electron chi connectivity index (χ3n) is 4.76. The van der Waals surface area contributed by atoms with Crippen LogP contribution in [0.4, 0.5) is 0 Å². The number of amides is 1. The minimum Gasteiger partial charge on any atom is -0.374 e. The number of methoxy groups -OCH3 is 2. The van der Waals surface area contributed by atoms with E-state index >= 15 is 0 Å². The van der Waals surface area contributed by atoms with Gasteiger partial charge in [0, 0.05) is 25.8 Å². The maximum absolute atomic E-state index is 13.0. The Morgan fingerprint density at radius 1 is 1.32 bits per heavy atom. The summed E-state index contributed by atoms with van der Waals surface area (Å²) >= 11 is 0. The Balaban J connectivity index is 3.36. The first kappa shape index (κ1) is 24.3. The number of nitrogens with one attached hydrogen (secondary N) is 1. The maximum atomic E-state index is 13.0. The van der Waals surface area contributed by atoms with Gasteiger partial charge in [0.05, 0.1) is 5.92 Å². The van der Waals surface area contributed by atoms with E-state index in [1.807, 2.05) is 0 Å². The molecular weight excluding hydrogens is 372 g/mol. The monoisotopic (exact) mass is 402 g/mol. The highest BCUT2D eigenvalue weighted by Gasteiger charge is 2.61. The molecule has 1 rings (SSSR count). The average Bonchev–Trinajstić information content (AvgIpc) is 2.65. The Morgan fingerprint density at radius 2 is 1.93 bits per heavy atom. The van der Waals surface area contributed by atoms with Crippen molar-refractivity contribution >= 4 is 11.7 Å². The SMILES string of the molecule is COC(O)(NC(=O)C(O)(C(CCN)C(C)=O)C(N)(O)OC)C1=CCC(N)C=C1. The molecule has 0 aromatic rings. The smallest absolute Gasteiger partial charge is 0.276 e. The molecule has 11 nitrogen and oxygen atoms in total. The first-order chi connectivity index (χ1) is 12.9. The third kappa shape index (κ3) is 4.64. The molecule has 0 spiro atoms. The van der Waals surface area contributed by atoms with Gasteiger partial charge in [-0.3, -0.25) is 20.6 Å². The van der Waals surface area contributed by atoms with Crippen molar-refractivity contribution in [3.05, 3.63) is 23.8 Å². The predicted molar refractivity (Wildman–Crippen MR) is 98.9 cm³/mol. The number of nitrogens with two attached hydrogens (primary N) is 3. The summed E-state index contributed by atoms with van der Waals surface area (Å²) in [6.45, 7) is 1.00. The number of carbonyl (C=O) groups excluding carboxylic acids is 2. The second-order valence-electron chi connectivity index (χ2n) is 6.63. The molecule has 1 aliphatic rings. The summed E-state index contributed by atoms with van der Waals surface area (Å²) in [7, 11) is 2.05. The summed E-state index contributed by atoms with van der Waals surface area (Å²) in [4.78, 5) is 25.1. The van der Waals surface area contributed by atoms with Gasteiger partial charge in [0.25, 0.3) is 17.7 Å². The van der Waals surface area contributed by atoms with Crippen LogP contribution in [-0.4, -0.2) is 71.2 Å². The number of Topliss-reactive ketones (excluding diaryl/α,β-unsaturated/α-hetero) is 1. The van der Waals surface area contributed by atoms with Gasteiger partial charge >= 0.3 is 0 Å². The lowest BCUT2D eigenvalue weighted by Gasteiger charge is -2.43. The van der Waals surface area contributed by atoms with E-state index in [1.54, 1.807) is 6.08 Å². The maximum Gasteiger partial charge on any atom is 0.276 e. The van der Waals surface area contributed by atoms with Crippen molar-refractivity contribution in [3.8, 4) is 0 Å². The molecule has 0 aromatic heterocycles. The minimum absolute atomic E-state index is 0.0973. The summed E-state index contributed by atoms with van der Waals surface area (Å²) in [5.74, 6) is -8.97. The Morgan fingerprint density at radius 3 is 2.32 bits per heavy atom. The Bertz CT molecular complexity index is 651. The van der Waals surface area contributed by atoms with Crippen molar-refractivity contribution in [2.75, 3.05) is 20.8 Å². The second-order valence-corrected chi connectivity index (χ2v) is 6.63. The molecule has 28 heavy (non-hydrogen) atoms. The van der Waals surface area contributed by atoms with Gasteiger partial charge in [-0.2, -0.15) is 0 Å². The number of hydrogen-bond acceptors (Lipinski definition) is 10. The van der Waals surface area contributed by atoms with E-state index in [-0.39, 0.29) is 24.6 Å². The lowest BCUT2D eigenvalue weighted by atomic mass is 9.78. The van der Waals surface area contributed by atoms with E-state index < -0.39 is 35.0 Å². The van der Waals surface area contributed by atoms with Crippen LogP contribution in [0.2, 0.25) is 0 Å². The van der Waals surface area contributed by atoms with Crippen molar-refractivity contribution in [1.29, 1.82) is 0 Å². The van der Waals surface area contributed by atoms with Crippen LogP contribution >= 0.6 is 0 Å². The molecule has 10 N–H and O–H groups in total. The molecule has 5 unspecified atom stereocenters. The lowest BCUT2D eigenvalue weighted by Crippen LogP contribution is -2.74. The third-order valence-corrected chi connectivity index (χ3v) is 4.76. The van der Waals surface area contributed by atoms with Crippen molar-refractivity contribution in [1.82, 2.24) is 5.32 Å². The van der Waals surface area contributed by atoms with Crippen LogP contribution in [0.25, 0.3) is 0 Å². The van der Waals surface area contributed by atoms with Gasteiger partial charge < -0.3 is 36.3 Å². The lowest BCUT2D eigenvalue weighted by molar-refractivity contribution is -0.291. The molecule has 0 saturated heterocycles. The second kappa shape index (κ2) is 9.20. The zero-order valence-corrected chi connectivity index (χ0v) is 16.2. The van der Waals surface area contributed by atoms with Crippen molar-refractivity contribution in [2.24, 2.45) is 23.1 Å². The van der Waals surface area contributed by atoms with Crippen molar-refractivity contribution < 1.29 is 34.4 Å². The van der Waals surface area contributed by atoms with Crippen LogP contribution in [0.3, 0.4) is 0 Å². The van der Waals surface area contributed by atoms with E-state index in [9.17, 15) is 24.9 Å². The van der Waals surface area contributed by atoms with E-state index in [1.165, 1.54) is 12.2 Å². The summed E-state index contributed by atoms with van der Waals surface area (Å²) < 4.78 is 9.68. The van der Waals surface area contributed by atoms with Crippen LogP contribution in [-0.2, 0) is 19.1 Å². The predicted octanol–water partition coefficient (Wildman–Crippen LogP) is -2.85. The molecule has 5 atom stereocenters. The summed E-state index contributed by atoms with van der Waals surface area (Å²) in [6, 6.07) is -0.272. The summed E-state index contributed by atoms with van der Waals surface area (Å²) in [5, 5.41) is 34.2. The molecule has 0 aromatic carbocycles. The van der Waals surface area contributed by atoms with Gasteiger partial charge in [-0.1, -0.05) is 18.2 Å². The molecule has 0 bridgehead atoms. The highest BCUT2D eigenvalue weighted by atomic mass is 16.7. The van der Waals surface area contributed by atoms with Crippen LogP contribution in [0.15, 0.2) is 23.8 Å². The van der Waals surface area contributed by atoms with Gasteiger partial charge in [0.1, 0.15) is 5.78 Å². The van der Waals surface area contributed by atoms with E-state index in [0.717, 1.165) is 21.1 Å². The van der Waals surface area contributed by atoms with E-state index in [4.69, 9.17) is 21.9 Å². The zero-order chi connectivity index (χ0) is 21.8. The van der Waals surface area contributed by atoms with E-state index in [2.05, 4.69) is 10.1 Å². The molecule has 1 aliphatic carbocycles. The zero-order valence-electron chi connectivity index (χ0n) is 16.2. The Kier molecular flexibility index (Phi) is 8.00. The first-order valence-electron chi connectivity index (χ1n) is 8.63.